The molecule has 2 heterocycles. The van der Waals surface area contributed by atoms with Crippen molar-refractivity contribution in [1.29, 1.82) is 0 Å². The molecule has 0 amide bonds. The first kappa shape index (κ1) is 16.3. The SMILES string of the molecule is CNC(C)Cc1noc(/C=C/c2ccc3c(c2)OCO3)n1.Cl. The molecule has 0 aliphatic carbocycles. The van der Waals surface area contributed by atoms with Crippen LogP contribution >= 0.6 is 12.4 Å². The summed E-state index contributed by atoms with van der Waals surface area (Å²) in [4.78, 5) is 4.33. The van der Waals surface area contributed by atoms with Crippen molar-refractivity contribution in [3.8, 4) is 11.5 Å². The highest BCUT2D eigenvalue weighted by molar-refractivity contribution is 5.85. The first-order valence-corrected chi connectivity index (χ1v) is 6.82. The van der Waals surface area contributed by atoms with Crippen molar-refractivity contribution in [2.24, 2.45) is 0 Å². The second-order valence-electron chi connectivity index (χ2n) is 4.89. The molecule has 1 aromatic heterocycles. The van der Waals surface area contributed by atoms with Crippen molar-refractivity contribution >= 4 is 24.6 Å². The van der Waals surface area contributed by atoms with Crippen LogP contribution in [-0.4, -0.2) is 30.0 Å². The maximum Gasteiger partial charge on any atom is 0.250 e. The van der Waals surface area contributed by atoms with Gasteiger partial charge in [0, 0.05) is 18.5 Å². The molecule has 0 bridgehead atoms. The van der Waals surface area contributed by atoms with Gasteiger partial charge in [-0.05, 0) is 37.7 Å². The lowest BCUT2D eigenvalue weighted by Crippen LogP contribution is -2.24. The smallest absolute Gasteiger partial charge is 0.250 e. The quantitative estimate of drug-likeness (QED) is 0.912. The summed E-state index contributed by atoms with van der Waals surface area (Å²) in [6.45, 7) is 2.34. The topological polar surface area (TPSA) is 69.4 Å². The summed E-state index contributed by atoms with van der Waals surface area (Å²) in [5, 5.41) is 7.09. The van der Waals surface area contributed by atoms with Gasteiger partial charge in [-0.25, -0.2) is 0 Å². The molecule has 0 spiro atoms. The van der Waals surface area contributed by atoms with Crippen LogP contribution in [0.4, 0.5) is 0 Å². The molecule has 1 aliphatic heterocycles. The molecule has 22 heavy (non-hydrogen) atoms. The summed E-state index contributed by atoms with van der Waals surface area (Å²) in [5.41, 5.74) is 0.989. The number of hydrogen-bond acceptors (Lipinski definition) is 6. The van der Waals surface area contributed by atoms with E-state index in [4.69, 9.17) is 14.0 Å². The van der Waals surface area contributed by atoms with Crippen LogP contribution in [0, 0.1) is 0 Å². The minimum atomic E-state index is 0. The van der Waals surface area contributed by atoms with Crippen LogP contribution in [0.2, 0.25) is 0 Å². The lowest BCUT2D eigenvalue weighted by atomic mass is 10.2. The Bertz CT molecular complexity index is 657. The number of benzene rings is 1. The van der Waals surface area contributed by atoms with Crippen LogP contribution < -0.4 is 14.8 Å². The second kappa shape index (κ2) is 7.29. The molecule has 1 unspecified atom stereocenters. The van der Waals surface area contributed by atoms with E-state index in [0.29, 0.717) is 17.8 Å². The summed E-state index contributed by atoms with van der Waals surface area (Å²) < 4.78 is 15.8. The van der Waals surface area contributed by atoms with E-state index in [1.54, 1.807) is 6.08 Å². The maximum absolute atomic E-state index is 5.34. The van der Waals surface area contributed by atoms with Crippen molar-refractivity contribution in [1.82, 2.24) is 15.5 Å². The summed E-state index contributed by atoms with van der Waals surface area (Å²) in [5.74, 6) is 2.72. The predicted molar refractivity (Wildman–Crippen MR) is 85.3 cm³/mol. The van der Waals surface area contributed by atoms with Gasteiger partial charge in [-0.1, -0.05) is 11.2 Å². The average molecular weight is 324 g/mol. The number of nitrogens with one attached hydrogen (secondary N) is 1. The Morgan fingerprint density at radius 1 is 1.27 bits per heavy atom. The Morgan fingerprint density at radius 2 is 2.09 bits per heavy atom. The van der Waals surface area contributed by atoms with Crippen LogP contribution in [0.25, 0.3) is 12.2 Å². The van der Waals surface area contributed by atoms with Crippen molar-refractivity contribution in [3.05, 3.63) is 35.5 Å². The zero-order chi connectivity index (χ0) is 14.7. The molecule has 7 heteroatoms. The van der Waals surface area contributed by atoms with E-state index in [0.717, 1.165) is 23.5 Å². The van der Waals surface area contributed by atoms with Crippen LogP contribution in [0.1, 0.15) is 24.2 Å². The third-order valence-corrected chi connectivity index (χ3v) is 3.28. The largest absolute Gasteiger partial charge is 0.454 e. The monoisotopic (exact) mass is 323 g/mol. The Labute approximate surface area is 134 Å². The molecule has 1 aliphatic rings. The summed E-state index contributed by atoms with van der Waals surface area (Å²) in [7, 11) is 1.91. The third-order valence-electron chi connectivity index (χ3n) is 3.28. The van der Waals surface area contributed by atoms with Crippen LogP contribution in [-0.2, 0) is 6.42 Å². The Hall–Kier alpha value is -2.05. The normalized spacial score (nSPS) is 14.1. The number of ether oxygens (including phenoxy) is 2. The average Bonchev–Trinajstić information content (AvgIpc) is 3.13. The molecule has 1 N–H and O–H groups in total. The molecule has 118 valence electrons. The van der Waals surface area contributed by atoms with Gasteiger partial charge >= 0.3 is 0 Å². The van der Waals surface area contributed by atoms with Crippen LogP contribution in [0.5, 0.6) is 11.5 Å². The van der Waals surface area contributed by atoms with Crippen molar-refractivity contribution in [2.75, 3.05) is 13.8 Å². The molecule has 0 saturated carbocycles. The Morgan fingerprint density at radius 3 is 2.91 bits per heavy atom. The Balaban J connectivity index is 0.00000176. The fraction of sp³-hybridized carbons (Fsp3) is 0.333. The number of fused-ring (bicyclic) bond motifs is 1. The molecule has 1 aromatic carbocycles. The third kappa shape index (κ3) is 3.78. The molecule has 0 radical (unpaired) electrons. The number of rotatable bonds is 5. The van der Waals surface area contributed by atoms with Crippen molar-refractivity contribution < 1.29 is 14.0 Å². The minimum absolute atomic E-state index is 0. The molecular formula is C15H18ClN3O3. The van der Waals surface area contributed by atoms with Gasteiger partial charge in [0.15, 0.2) is 17.3 Å². The van der Waals surface area contributed by atoms with Gasteiger partial charge in [-0.2, -0.15) is 4.98 Å². The number of nitrogens with zero attached hydrogens (tertiary/aromatic N) is 2. The predicted octanol–water partition coefficient (Wildman–Crippen LogP) is 2.54. The van der Waals surface area contributed by atoms with E-state index in [1.807, 2.05) is 31.3 Å². The van der Waals surface area contributed by atoms with Crippen LogP contribution in [0.15, 0.2) is 22.7 Å². The molecule has 1 atom stereocenters. The van der Waals surface area contributed by atoms with Gasteiger partial charge < -0.3 is 19.3 Å². The van der Waals surface area contributed by atoms with Crippen molar-refractivity contribution in [2.45, 2.75) is 19.4 Å². The lowest BCUT2D eigenvalue weighted by molar-refractivity contribution is 0.174. The van der Waals surface area contributed by atoms with E-state index in [2.05, 4.69) is 22.4 Å². The number of halogens is 1. The highest BCUT2D eigenvalue weighted by Crippen LogP contribution is 2.32. The summed E-state index contributed by atoms with van der Waals surface area (Å²) >= 11 is 0. The zero-order valence-corrected chi connectivity index (χ0v) is 13.2. The van der Waals surface area contributed by atoms with Gasteiger partial charge in [-0.15, -0.1) is 12.4 Å². The molecular weight excluding hydrogens is 306 g/mol. The van der Waals surface area contributed by atoms with Gasteiger partial charge in [0.25, 0.3) is 5.89 Å². The maximum atomic E-state index is 5.34. The van der Waals surface area contributed by atoms with Gasteiger partial charge in [-0.3, -0.25) is 0 Å². The first-order chi connectivity index (χ1) is 10.2. The summed E-state index contributed by atoms with van der Waals surface area (Å²) in [6.07, 6.45) is 4.43. The lowest BCUT2D eigenvalue weighted by Gasteiger charge is -2.04. The van der Waals surface area contributed by atoms with E-state index in [9.17, 15) is 0 Å². The van der Waals surface area contributed by atoms with E-state index < -0.39 is 0 Å². The molecule has 6 nitrogen and oxygen atoms in total. The fourth-order valence-electron chi connectivity index (χ4n) is 1.98. The summed E-state index contributed by atoms with van der Waals surface area (Å²) in [6, 6.07) is 6.06. The standard InChI is InChI=1S/C15H17N3O3.ClH/c1-10(16-2)7-14-17-15(21-18-14)6-4-11-3-5-12-13(8-11)20-9-19-12;/h3-6,8,10,16H,7,9H2,1-2H3;1H/b6-4+;. The van der Waals surface area contributed by atoms with Gasteiger partial charge in [0.1, 0.15) is 0 Å². The number of aromatic nitrogens is 2. The van der Waals surface area contributed by atoms with E-state index >= 15 is 0 Å². The van der Waals surface area contributed by atoms with Crippen LogP contribution in [0.3, 0.4) is 0 Å². The second-order valence-corrected chi connectivity index (χ2v) is 4.89. The minimum Gasteiger partial charge on any atom is -0.454 e. The first-order valence-electron chi connectivity index (χ1n) is 6.82. The molecule has 3 rings (SSSR count). The van der Waals surface area contributed by atoms with Crippen molar-refractivity contribution in [3.63, 3.8) is 0 Å². The highest BCUT2D eigenvalue weighted by atomic mass is 35.5. The number of likely N-dealkylation sites (N-methyl/N-ethyl adjacent to an activating group) is 1. The zero-order valence-electron chi connectivity index (χ0n) is 12.4. The molecule has 2 aromatic rings. The molecule has 0 fully saturated rings. The van der Waals surface area contributed by atoms with Gasteiger partial charge in [0.05, 0.1) is 0 Å². The highest BCUT2D eigenvalue weighted by Gasteiger charge is 2.12. The number of hydrogen-bond donors (Lipinski definition) is 1. The fourth-order valence-corrected chi connectivity index (χ4v) is 1.98. The van der Waals surface area contributed by atoms with E-state index in [1.165, 1.54) is 0 Å². The Kier molecular flexibility index (Phi) is 5.41. The molecule has 0 saturated heterocycles. The van der Waals surface area contributed by atoms with E-state index in [-0.39, 0.29) is 19.2 Å². The van der Waals surface area contributed by atoms with Gasteiger partial charge in [0.2, 0.25) is 6.79 Å².